The van der Waals surface area contributed by atoms with Crippen LogP contribution < -0.4 is 10.5 Å². The van der Waals surface area contributed by atoms with Crippen LogP contribution in [0.4, 0.5) is 17.6 Å². The molecule has 0 saturated heterocycles. The van der Waals surface area contributed by atoms with E-state index >= 15 is 4.39 Å². The molecule has 0 spiro atoms. The molecule has 0 aromatic heterocycles. The molecule has 0 unspecified atom stereocenters. The first kappa shape index (κ1) is 34.1. The van der Waals surface area contributed by atoms with Crippen LogP contribution in [0.3, 0.4) is 0 Å². The molecule has 0 radical (unpaired) electrons. The highest BCUT2D eigenvalue weighted by atomic mass is 19.4. The van der Waals surface area contributed by atoms with E-state index in [0.717, 1.165) is 31.8 Å². The number of amidine groups is 2. The molecule has 4 N–H and O–H groups in total. The summed E-state index contributed by atoms with van der Waals surface area (Å²) in [7, 11) is 0. The lowest BCUT2D eigenvalue weighted by molar-refractivity contribution is -0.137. The SMILES string of the molecule is CC(C)(C)c1c(F)cc2cc3c(c(-c4ccc(C(F)(F)F)cc4)c2c1Oc1ccc(C(=O)O)cc1)C(N)=NC3=N.CCCOCC. The van der Waals surface area contributed by atoms with E-state index in [-0.39, 0.29) is 34.3 Å². The van der Waals surface area contributed by atoms with Crippen molar-refractivity contribution in [1.82, 2.24) is 0 Å². The first-order valence-electron chi connectivity index (χ1n) is 14.6. The molecule has 0 fully saturated rings. The summed E-state index contributed by atoms with van der Waals surface area (Å²) in [5.41, 5.74) is 6.11. The number of aromatic carboxylic acids is 1. The standard InChI is InChI=1S/C30H23F4N3O3.C5H12O/c1-29(2,3)24-20(31)13-16-12-19-23(27(36)37-26(19)35)21(14-4-8-17(9-5-14)30(32,33)34)22(16)25(24)40-18-10-6-15(7-11-18)28(38)39;1-3-5-6-4-2/h4-13H,1-3H3,(H,38,39)(H3,35,36,37);3-5H2,1-2H3. The molecule has 0 bridgehead atoms. The van der Waals surface area contributed by atoms with E-state index < -0.39 is 28.9 Å². The number of fused-ring (bicyclic) bond motifs is 2. The molecule has 4 aromatic carbocycles. The molecule has 46 heavy (non-hydrogen) atoms. The zero-order valence-electron chi connectivity index (χ0n) is 26.1. The maximum Gasteiger partial charge on any atom is 0.416 e. The van der Waals surface area contributed by atoms with Crippen molar-refractivity contribution in [3.8, 4) is 22.6 Å². The van der Waals surface area contributed by atoms with Crippen molar-refractivity contribution >= 4 is 28.4 Å². The van der Waals surface area contributed by atoms with Gasteiger partial charge in [-0.15, -0.1) is 0 Å². The van der Waals surface area contributed by atoms with Crippen molar-refractivity contribution in [2.45, 2.75) is 52.6 Å². The molecule has 4 aromatic rings. The minimum absolute atomic E-state index is 0.00445. The third-order valence-electron chi connectivity index (χ3n) is 7.20. The van der Waals surface area contributed by atoms with Crippen LogP contribution in [-0.4, -0.2) is 36.0 Å². The Hall–Kier alpha value is -4.77. The van der Waals surface area contributed by atoms with Gasteiger partial charge in [-0.25, -0.2) is 14.2 Å². The lowest BCUT2D eigenvalue weighted by Crippen LogP contribution is -2.17. The number of hydrogen-bond acceptors (Lipinski definition) is 5. The van der Waals surface area contributed by atoms with Crippen molar-refractivity contribution in [1.29, 1.82) is 5.41 Å². The van der Waals surface area contributed by atoms with Crippen LogP contribution in [0, 0.1) is 11.2 Å². The summed E-state index contributed by atoms with van der Waals surface area (Å²) in [6.07, 6.45) is -3.42. The van der Waals surface area contributed by atoms with Gasteiger partial charge in [-0.1, -0.05) is 39.8 Å². The van der Waals surface area contributed by atoms with Gasteiger partial charge in [0.25, 0.3) is 0 Å². The van der Waals surface area contributed by atoms with Crippen LogP contribution in [-0.2, 0) is 16.3 Å². The van der Waals surface area contributed by atoms with Crippen molar-refractivity contribution in [3.05, 3.63) is 94.3 Å². The predicted molar refractivity (Wildman–Crippen MR) is 171 cm³/mol. The van der Waals surface area contributed by atoms with E-state index in [1.54, 1.807) is 26.8 Å². The molecule has 1 heterocycles. The van der Waals surface area contributed by atoms with E-state index in [1.165, 1.54) is 42.5 Å². The molecule has 5 rings (SSSR count). The van der Waals surface area contributed by atoms with Gasteiger partial charge in [0, 0.05) is 40.9 Å². The Morgan fingerprint density at radius 2 is 1.61 bits per heavy atom. The lowest BCUT2D eigenvalue weighted by Gasteiger charge is -2.27. The van der Waals surface area contributed by atoms with Crippen LogP contribution in [0.5, 0.6) is 11.5 Å². The number of carboxylic acids is 1. The molecular formula is C35H35F4N3O4. The number of nitrogens with one attached hydrogen (secondary N) is 1. The fourth-order valence-electron chi connectivity index (χ4n) is 5.18. The van der Waals surface area contributed by atoms with Crippen LogP contribution in [0.15, 0.2) is 65.7 Å². The van der Waals surface area contributed by atoms with Crippen molar-refractivity contribution in [2.75, 3.05) is 13.2 Å². The summed E-state index contributed by atoms with van der Waals surface area (Å²) in [6, 6.07) is 12.9. The summed E-state index contributed by atoms with van der Waals surface area (Å²) < 4.78 is 67.1. The van der Waals surface area contributed by atoms with Gasteiger partial charge in [-0.3, -0.25) is 5.41 Å². The fraction of sp³-hybridized carbons (Fsp3) is 0.286. The van der Waals surface area contributed by atoms with E-state index in [9.17, 15) is 23.1 Å². The number of ether oxygens (including phenoxy) is 2. The third-order valence-corrected chi connectivity index (χ3v) is 7.20. The number of hydrogen-bond donors (Lipinski definition) is 3. The number of benzene rings is 4. The van der Waals surface area contributed by atoms with Crippen LogP contribution in [0.2, 0.25) is 0 Å². The summed E-state index contributed by atoms with van der Waals surface area (Å²) in [5.74, 6) is -1.57. The lowest BCUT2D eigenvalue weighted by atomic mass is 9.81. The Morgan fingerprint density at radius 3 is 2.11 bits per heavy atom. The molecule has 1 aliphatic heterocycles. The number of carboxylic acid groups (broad SMARTS) is 1. The number of alkyl halides is 3. The largest absolute Gasteiger partial charge is 0.478 e. The number of nitrogens with two attached hydrogens (primary N) is 1. The van der Waals surface area contributed by atoms with Gasteiger partial charge in [0.15, 0.2) is 5.84 Å². The van der Waals surface area contributed by atoms with Gasteiger partial charge >= 0.3 is 12.1 Å². The predicted octanol–water partition coefficient (Wildman–Crippen LogP) is 8.93. The fourth-order valence-corrected chi connectivity index (χ4v) is 5.18. The first-order chi connectivity index (χ1) is 21.6. The number of aliphatic imine (C=N–C) groups is 1. The number of halogens is 4. The molecule has 1 aliphatic rings. The van der Waals surface area contributed by atoms with Crippen LogP contribution in [0.1, 0.15) is 73.7 Å². The molecule has 11 heteroatoms. The maximum atomic E-state index is 15.8. The molecule has 0 saturated carbocycles. The van der Waals surface area contributed by atoms with Gasteiger partial charge in [-0.2, -0.15) is 13.2 Å². The summed E-state index contributed by atoms with van der Waals surface area (Å²) >= 11 is 0. The van der Waals surface area contributed by atoms with E-state index in [4.69, 9.17) is 20.6 Å². The number of rotatable bonds is 7. The Bertz CT molecular complexity index is 1800. The number of carbonyl (C=O) groups is 1. The van der Waals surface area contributed by atoms with E-state index in [1.807, 2.05) is 6.92 Å². The zero-order valence-corrected chi connectivity index (χ0v) is 26.1. The number of nitrogens with zero attached hydrogens (tertiary/aromatic N) is 1. The Balaban J connectivity index is 0.000000731. The molecule has 7 nitrogen and oxygen atoms in total. The van der Waals surface area contributed by atoms with Gasteiger partial charge in [0.2, 0.25) is 0 Å². The average molecular weight is 638 g/mol. The van der Waals surface area contributed by atoms with Gasteiger partial charge in [0.1, 0.15) is 23.2 Å². The van der Waals surface area contributed by atoms with E-state index in [2.05, 4.69) is 11.9 Å². The Labute approximate surface area is 264 Å². The van der Waals surface area contributed by atoms with Crippen molar-refractivity contribution in [3.63, 3.8) is 0 Å². The Morgan fingerprint density at radius 1 is 0.978 bits per heavy atom. The van der Waals surface area contributed by atoms with Crippen LogP contribution >= 0.6 is 0 Å². The highest BCUT2D eigenvalue weighted by Gasteiger charge is 2.33. The van der Waals surface area contributed by atoms with Crippen molar-refractivity contribution in [2.24, 2.45) is 10.7 Å². The quantitative estimate of drug-likeness (QED) is 0.138. The monoisotopic (exact) mass is 637 g/mol. The zero-order chi connectivity index (χ0) is 34.0. The van der Waals surface area contributed by atoms with Crippen LogP contribution in [0.25, 0.3) is 21.9 Å². The second-order valence-electron chi connectivity index (χ2n) is 11.6. The second-order valence-corrected chi connectivity index (χ2v) is 11.6. The maximum absolute atomic E-state index is 15.8. The minimum atomic E-state index is -4.55. The molecule has 0 atom stereocenters. The summed E-state index contributed by atoms with van der Waals surface area (Å²) in [5, 5.41) is 18.3. The topological polar surface area (TPSA) is 118 Å². The van der Waals surface area contributed by atoms with E-state index in [0.29, 0.717) is 33.0 Å². The smallest absolute Gasteiger partial charge is 0.416 e. The average Bonchev–Trinajstić information content (AvgIpc) is 3.26. The summed E-state index contributed by atoms with van der Waals surface area (Å²) in [4.78, 5) is 15.4. The normalized spacial score (nSPS) is 12.8. The highest BCUT2D eigenvalue weighted by molar-refractivity contribution is 6.27. The van der Waals surface area contributed by atoms with Gasteiger partial charge in [-0.05, 0) is 78.2 Å². The minimum Gasteiger partial charge on any atom is -0.478 e. The first-order valence-corrected chi connectivity index (χ1v) is 14.6. The molecule has 242 valence electrons. The molecular weight excluding hydrogens is 602 g/mol. The highest BCUT2D eigenvalue weighted by Crippen LogP contribution is 2.48. The molecule has 0 amide bonds. The third kappa shape index (κ3) is 7.04. The summed E-state index contributed by atoms with van der Waals surface area (Å²) in [6.45, 7) is 11.2. The van der Waals surface area contributed by atoms with Crippen molar-refractivity contribution < 1.29 is 36.9 Å². The van der Waals surface area contributed by atoms with Gasteiger partial charge in [0.05, 0.1) is 11.1 Å². The van der Waals surface area contributed by atoms with Gasteiger partial charge < -0.3 is 20.3 Å². The second kappa shape index (κ2) is 13.3. The Kier molecular flexibility index (Phi) is 9.86. The molecule has 0 aliphatic carbocycles.